The van der Waals surface area contributed by atoms with Crippen molar-refractivity contribution in [2.45, 2.75) is 18.6 Å². The summed E-state index contributed by atoms with van der Waals surface area (Å²) in [5, 5.41) is 0.565. The van der Waals surface area contributed by atoms with E-state index in [9.17, 15) is 9.59 Å². The highest BCUT2D eigenvalue weighted by atomic mass is 35.5. The Bertz CT molecular complexity index is 645. The normalized spacial score (nSPS) is 27.2. The number of carbonyl (C=O) groups is 2. The van der Waals surface area contributed by atoms with Crippen LogP contribution in [0.25, 0.3) is 0 Å². The summed E-state index contributed by atoms with van der Waals surface area (Å²) in [6, 6.07) is 6.96. The number of halogens is 1. The van der Waals surface area contributed by atoms with E-state index in [0.717, 1.165) is 0 Å². The van der Waals surface area contributed by atoms with Gasteiger partial charge in [-0.2, -0.15) is 0 Å². The van der Waals surface area contributed by atoms with E-state index in [0.29, 0.717) is 23.7 Å². The Kier molecular flexibility index (Phi) is 4.68. The van der Waals surface area contributed by atoms with E-state index in [1.165, 1.54) is 6.08 Å². The molecule has 23 heavy (non-hydrogen) atoms. The standard InChI is InChI=1S/C17H18ClNO4/c1-19-9-16-14(8-17(21)23-16)15(19)6-5-12(20)10-22-13-4-2-3-11(18)7-13/h2-7,14-16H,8-10H2,1H3/b6-5+. The number of likely N-dealkylation sites (tertiary alicyclic amines) is 1. The molecule has 0 bridgehead atoms. The molecule has 1 aromatic carbocycles. The molecule has 0 saturated carbocycles. The van der Waals surface area contributed by atoms with E-state index in [-0.39, 0.29) is 36.4 Å². The summed E-state index contributed by atoms with van der Waals surface area (Å²) in [6.45, 7) is 0.662. The molecule has 0 aromatic heterocycles. The third kappa shape index (κ3) is 3.74. The van der Waals surface area contributed by atoms with Crippen LogP contribution in [0.5, 0.6) is 5.75 Å². The lowest BCUT2D eigenvalue weighted by Crippen LogP contribution is -2.28. The van der Waals surface area contributed by atoms with Crippen LogP contribution in [0.15, 0.2) is 36.4 Å². The van der Waals surface area contributed by atoms with Crippen molar-refractivity contribution >= 4 is 23.4 Å². The smallest absolute Gasteiger partial charge is 0.306 e. The third-order valence-corrected chi connectivity index (χ3v) is 4.47. The molecule has 3 unspecified atom stereocenters. The molecule has 0 N–H and O–H groups in total. The number of likely N-dealkylation sites (N-methyl/N-ethyl adjacent to an activating group) is 1. The van der Waals surface area contributed by atoms with Gasteiger partial charge in [0.1, 0.15) is 11.9 Å². The summed E-state index contributed by atoms with van der Waals surface area (Å²) >= 11 is 5.86. The number of nitrogens with zero attached hydrogens (tertiary/aromatic N) is 1. The van der Waals surface area contributed by atoms with Gasteiger partial charge in [-0.05, 0) is 31.3 Å². The van der Waals surface area contributed by atoms with Crippen LogP contribution in [-0.4, -0.2) is 49.0 Å². The van der Waals surface area contributed by atoms with Crippen LogP contribution in [0.1, 0.15) is 6.42 Å². The fourth-order valence-corrected chi connectivity index (χ4v) is 3.31. The number of ketones is 1. The van der Waals surface area contributed by atoms with E-state index >= 15 is 0 Å². The molecule has 5 nitrogen and oxygen atoms in total. The van der Waals surface area contributed by atoms with Crippen molar-refractivity contribution in [2.75, 3.05) is 20.2 Å². The largest absolute Gasteiger partial charge is 0.485 e. The lowest BCUT2D eigenvalue weighted by molar-refractivity contribution is -0.141. The molecular formula is C17H18ClNO4. The monoisotopic (exact) mass is 335 g/mol. The van der Waals surface area contributed by atoms with Gasteiger partial charge >= 0.3 is 5.97 Å². The Morgan fingerprint density at radius 1 is 1.52 bits per heavy atom. The molecule has 6 heteroatoms. The predicted molar refractivity (Wildman–Crippen MR) is 85.5 cm³/mol. The molecule has 0 radical (unpaired) electrons. The molecule has 0 aliphatic carbocycles. The molecule has 2 heterocycles. The van der Waals surface area contributed by atoms with E-state index in [1.807, 2.05) is 13.1 Å². The van der Waals surface area contributed by atoms with Crippen LogP contribution in [0, 0.1) is 5.92 Å². The highest BCUT2D eigenvalue weighted by molar-refractivity contribution is 6.30. The molecular weight excluding hydrogens is 318 g/mol. The van der Waals surface area contributed by atoms with Crippen molar-refractivity contribution in [1.82, 2.24) is 4.90 Å². The summed E-state index contributed by atoms with van der Waals surface area (Å²) in [6.07, 6.45) is 3.73. The van der Waals surface area contributed by atoms with Crippen molar-refractivity contribution < 1.29 is 19.1 Å². The van der Waals surface area contributed by atoms with E-state index in [1.54, 1.807) is 24.3 Å². The van der Waals surface area contributed by atoms with Crippen molar-refractivity contribution in [3.63, 3.8) is 0 Å². The number of fused-ring (bicyclic) bond motifs is 1. The first-order valence-corrected chi connectivity index (χ1v) is 7.90. The van der Waals surface area contributed by atoms with Gasteiger partial charge in [-0.15, -0.1) is 0 Å². The molecule has 2 saturated heterocycles. The molecule has 0 spiro atoms. The summed E-state index contributed by atoms with van der Waals surface area (Å²) in [7, 11) is 1.97. The average molecular weight is 336 g/mol. The molecule has 3 rings (SSSR count). The minimum Gasteiger partial charge on any atom is -0.485 e. The SMILES string of the molecule is CN1CC2OC(=O)CC2C1/C=C/C(=O)COc1cccc(Cl)c1. The highest BCUT2D eigenvalue weighted by Crippen LogP contribution is 2.34. The van der Waals surface area contributed by atoms with E-state index in [4.69, 9.17) is 21.1 Å². The highest BCUT2D eigenvalue weighted by Gasteiger charge is 2.46. The number of esters is 1. The third-order valence-electron chi connectivity index (χ3n) is 4.23. The van der Waals surface area contributed by atoms with Gasteiger partial charge in [-0.3, -0.25) is 14.5 Å². The Labute approximate surface area is 139 Å². The molecule has 2 aliphatic rings. The molecule has 1 aromatic rings. The fourth-order valence-electron chi connectivity index (χ4n) is 3.13. The first kappa shape index (κ1) is 16.0. The zero-order valence-corrected chi connectivity index (χ0v) is 13.5. The van der Waals surface area contributed by atoms with Gasteiger partial charge in [-0.1, -0.05) is 23.7 Å². The Hall–Kier alpha value is -1.85. The maximum absolute atomic E-state index is 12.0. The van der Waals surface area contributed by atoms with Gasteiger partial charge in [0.2, 0.25) is 0 Å². The number of hydrogen-bond donors (Lipinski definition) is 0. The lowest BCUT2D eigenvalue weighted by atomic mass is 9.96. The fraction of sp³-hybridized carbons (Fsp3) is 0.412. The molecule has 0 amide bonds. The van der Waals surface area contributed by atoms with E-state index < -0.39 is 0 Å². The summed E-state index contributed by atoms with van der Waals surface area (Å²) in [4.78, 5) is 25.4. The minimum absolute atomic E-state index is 0.0431. The van der Waals surface area contributed by atoms with Gasteiger partial charge < -0.3 is 9.47 Å². The number of benzene rings is 1. The van der Waals surface area contributed by atoms with Gasteiger partial charge in [0.25, 0.3) is 0 Å². The van der Waals surface area contributed by atoms with Gasteiger partial charge in [0, 0.05) is 23.5 Å². The number of carbonyl (C=O) groups excluding carboxylic acids is 2. The van der Waals surface area contributed by atoms with Crippen LogP contribution in [-0.2, 0) is 14.3 Å². The number of hydrogen-bond acceptors (Lipinski definition) is 5. The van der Waals surface area contributed by atoms with Crippen LogP contribution in [0.4, 0.5) is 0 Å². The summed E-state index contributed by atoms with van der Waals surface area (Å²) < 4.78 is 10.7. The summed E-state index contributed by atoms with van der Waals surface area (Å²) in [5.41, 5.74) is 0. The maximum Gasteiger partial charge on any atom is 0.306 e. The van der Waals surface area contributed by atoms with Gasteiger partial charge in [0.15, 0.2) is 12.4 Å². The quantitative estimate of drug-likeness (QED) is 0.609. The molecule has 2 fully saturated rings. The number of ether oxygens (including phenoxy) is 2. The second kappa shape index (κ2) is 6.72. The number of rotatable bonds is 5. The first-order chi connectivity index (χ1) is 11.0. The average Bonchev–Trinajstić information content (AvgIpc) is 2.98. The molecule has 2 aliphatic heterocycles. The molecule has 122 valence electrons. The second-order valence-electron chi connectivity index (χ2n) is 5.90. The zero-order chi connectivity index (χ0) is 16.4. The Morgan fingerprint density at radius 2 is 2.35 bits per heavy atom. The lowest BCUT2D eigenvalue weighted by Gasteiger charge is -2.18. The molecule has 3 atom stereocenters. The Morgan fingerprint density at radius 3 is 3.13 bits per heavy atom. The Balaban J connectivity index is 1.55. The topological polar surface area (TPSA) is 55.8 Å². The minimum atomic E-state index is -0.151. The van der Waals surface area contributed by atoms with Gasteiger partial charge in [0.05, 0.1) is 6.42 Å². The first-order valence-electron chi connectivity index (χ1n) is 7.52. The van der Waals surface area contributed by atoms with Crippen molar-refractivity contribution in [3.05, 3.63) is 41.4 Å². The van der Waals surface area contributed by atoms with Crippen LogP contribution in [0.2, 0.25) is 5.02 Å². The van der Waals surface area contributed by atoms with Crippen LogP contribution in [0.3, 0.4) is 0 Å². The van der Waals surface area contributed by atoms with Crippen molar-refractivity contribution in [3.8, 4) is 5.75 Å². The predicted octanol–water partition coefficient (Wildman–Crippen LogP) is 2.09. The van der Waals surface area contributed by atoms with Crippen molar-refractivity contribution in [1.29, 1.82) is 0 Å². The van der Waals surface area contributed by atoms with Gasteiger partial charge in [-0.25, -0.2) is 0 Å². The summed E-state index contributed by atoms with van der Waals surface area (Å²) in [5.74, 6) is 0.409. The maximum atomic E-state index is 12.0. The van der Waals surface area contributed by atoms with Crippen LogP contribution >= 0.6 is 11.6 Å². The second-order valence-corrected chi connectivity index (χ2v) is 6.33. The van der Waals surface area contributed by atoms with E-state index in [2.05, 4.69) is 4.90 Å². The van der Waals surface area contributed by atoms with Crippen LogP contribution < -0.4 is 4.74 Å². The zero-order valence-electron chi connectivity index (χ0n) is 12.8. The van der Waals surface area contributed by atoms with Crippen molar-refractivity contribution in [2.24, 2.45) is 5.92 Å².